The summed E-state index contributed by atoms with van der Waals surface area (Å²) < 4.78 is 7.29. The van der Waals surface area contributed by atoms with Gasteiger partial charge in [-0.2, -0.15) is 5.10 Å². The van der Waals surface area contributed by atoms with Gasteiger partial charge in [0.25, 0.3) is 0 Å². The fourth-order valence-corrected chi connectivity index (χ4v) is 3.55. The van der Waals surface area contributed by atoms with Crippen LogP contribution in [0.3, 0.4) is 0 Å². The molecule has 1 fully saturated rings. The zero-order valence-corrected chi connectivity index (χ0v) is 17.1. The minimum atomic E-state index is 0.700. The van der Waals surface area contributed by atoms with Crippen molar-refractivity contribution in [3.8, 4) is 17.2 Å². The largest absolute Gasteiger partial charge is 0.379 e. The zero-order valence-electron chi connectivity index (χ0n) is 17.1. The zero-order chi connectivity index (χ0) is 20.1. The molecule has 3 heterocycles. The minimum Gasteiger partial charge on any atom is -0.379 e. The highest BCUT2D eigenvalue weighted by Crippen LogP contribution is 2.20. The van der Waals surface area contributed by atoms with Crippen molar-refractivity contribution in [1.29, 1.82) is 0 Å². The van der Waals surface area contributed by atoms with Gasteiger partial charge in [-0.1, -0.05) is 30.3 Å². The molecule has 0 amide bonds. The molecule has 4 rings (SSSR count). The predicted molar refractivity (Wildman–Crippen MR) is 114 cm³/mol. The molecule has 1 aromatic carbocycles. The maximum Gasteiger partial charge on any atom is 0.163 e. The summed E-state index contributed by atoms with van der Waals surface area (Å²) in [7, 11) is 0. The van der Waals surface area contributed by atoms with E-state index in [2.05, 4.69) is 21.4 Å². The van der Waals surface area contributed by atoms with E-state index in [0.29, 0.717) is 5.82 Å². The SMILES string of the molecule is Cc1cc(C)n(-c2cc(NCCCN3CCOCC3)nc(-c3ccccc3)n2)n1. The summed E-state index contributed by atoms with van der Waals surface area (Å²) in [6.07, 6.45) is 1.06. The highest BCUT2D eigenvalue weighted by Gasteiger charge is 2.12. The number of hydrogen-bond donors (Lipinski definition) is 1. The molecule has 7 heteroatoms. The van der Waals surface area contributed by atoms with Gasteiger partial charge < -0.3 is 10.1 Å². The number of aryl methyl sites for hydroxylation is 2. The summed E-state index contributed by atoms with van der Waals surface area (Å²) in [5.74, 6) is 2.30. The number of ether oxygens (including phenoxy) is 1. The lowest BCUT2D eigenvalue weighted by Crippen LogP contribution is -2.37. The second-order valence-electron chi connectivity index (χ2n) is 7.37. The minimum absolute atomic E-state index is 0.700. The monoisotopic (exact) mass is 392 g/mol. The lowest BCUT2D eigenvalue weighted by Gasteiger charge is -2.26. The third-order valence-corrected chi connectivity index (χ3v) is 5.03. The molecule has 1 N–H and O–H groups in total. The molecule has 0 aliphatic carbocycles. The van der Waals surface area contributed by atoms with Crippen LogP contribution in [0.2, 0.25) is 0 Å². The third-order valence-electron chi connectivity index (χ3n) is 5.03. The lowest BCUT2D eigenvalue weighted by molar-refractivity contribution is 0.0378. The molecule has 0 atom stereocenters. The molecule has 0 saturated carbocycles. The Morgan fingerprint density at radius 3 is 2.55 bits per heavy atom. The summed E-state index contributed by atoms with van der Waals surface area (Å²) in [6, 6.07) is 14.1. The number of benzene rings is 1. The molecular weight excluding hydrogens is 364 g/mol. The van der Waals surface area contributed by atoms with E-state index in [-0.39, 0.29) is 0 Å². The van der Waals surface area contributed by atoms with Crippen molar-refractivity contribution in [2.75, 3.05) is 44.7 Å². The first-order valence-electron chi connectivity index (χ1n) is 10.2. The second kappa shape index (κ2) is 9.15. The standard InChI is InChI=1S/C22H28N6O/c1-17-15-18(2)28(26-17)21-16-20(23-9-6-10-27-11-13-29-14-12-27)24-22(25-21)19-7-4-3-5-8-19/h3-5,7-8,15-16H,6,9-14H2,1-2H3,(H,23,24,25). The molecule has 0 radical (unpaired) electrons. The van der Waals surface area contributed by atoms with Crippen molar-refractivity contribution in [2.45, 2.75) is 20.3 Å². The Hall–Kier alpha value is -2.77. The second-order valence-corrected chi connectivity index (χ2v) is 7.37. The van der Waals surface area contributed by atoms with Gasteiger partial charge in [-0.15, -0.1) is 0 Å². The van der Waals surface area contributed by atoms with Crippen molar-refractivity contribution in [2.24, 2.45) is 0 Å². The van der Waals surface area contributed by atoms with E-state index in [4.69, 9.17) is 14.7 Å². The topological polar surface area (TPSA) is 68.1 Å². The highest BCUT2D eigenvalue weighted by molar-refractivity contribution is 5.59. The Morgan fingerprint density at radius 1 is 1.03 bits per heavy atom. The van der Waals surface area contributed by atoms with Crippen molar-refractivity contribution in [3.63, 3.8) is 0 Å². The van der Waals surface area contributed by atoms with Crippen molar-refractivity contribution in [1.82, 2.24) is 24.6 Å². The molecule has 3 aromatic rings. The summed E-state index contributed by atoms with van der Waals surface area (Å²) >= 11 is 0. The molecule has 0 spiro atoms. The van der Waals surface area contributed by atoms with Crippen LogP contribution in [0.4, 0.5) is 5.82 Å². The third kappa shape index (κ3) is 4.99. The lowest BCUT2D eigenvalue weighted by atomic mass is 10.2. The van der Waals surface area contributed by atoms with Crippen LogP contribution < -0.4 is 5.32 Å². The fourth-order valence-electron chi connectivity index (χ4n) is 3.55. The maximum absolute atomic E-state index is 5.41. The molecule has 2 aromatic heterocycles. The first-order chi connectivity index (χ1) is 14.2. The number of morpholine rings is 1. The summed E-state index contributed by atoms with van der Waals surface area (Å²) in [6.45, 7) is 9.68. The van der Waals surface area contributed by atoms with E-state index < -0.39 is 0 Å². The molecule has 0 unspecified atom stereocenters. The van der Waals surface area contributed by atoms with E-state index in [1.54, 1.807) is 0 Å². The summed E-state index contributed by atoms with van der Waals surface area (Å²) in [5.41, 5.74) is 3.02. The molecule has 1 aliphatic rings. The van der Waals surface area contributed by atoms with Crippen molar-refractivity contribution >= 4 is 5.82 Å². The van der Waals surface area contributed by atoms with Crippen LogP contribution in [-0.2, 0) is 4.74 Å². The Morgan fingerprint density at radius 2 is 1.83 bits per heavy atom. The number of nitrogens with zero attached hydrogens (tertiary/aromatic N) is 5. The molecule has 1 saturated heterocycles. The van der Waals surface area contributed by atoms with Gasteiger partial charge >= 0.3 is 0 Å². The van der Waals surface area contributed by atoms with Crippen molar-refractivity contribution < 1.29 is 4.74 Å². The van der Waals surface area contributed by atoms with E-state index >= 15 is 0 Å². The highest BCUT2D eigenvalue weighted by atomic mass is 16.5. The normalized spacial score (nSPS) is 14.8. The van der Waals surface area contributed by atoms with Crippen LogP contribution >= 0.6 is 0 Å². The molecule has 7 nitrogen and oxygen atoms in total. The maximum atomic E-state index is 5.41. The van der Waals surface area contributed by atoms with E-state index in [1.165, 1.54) is 0 Å². The van der Waals surface area contributed by atoms with Gasteiger partial charge in [0, 0.05) is 37.0 Å². The molecular formula is C22H28N6O. The Kier molecular flexibility index (Phi) is 6.17. The molecule has 1 aliphatic heterocycles. The van der Waals surface area contributed by atoms with Crippen LogP contribution in [0, 0.1) is 13.8 Å². The average Bonchev–Trinajstić information content (AvgIpc) is 3.10. The van der Waals surface area contributed by atoms with Crippen LogP contribution in [-0.4, -0.2) is 64.0 Å². The Balaban J connectivity index is 1.52. The molecule has 152 valence electrons. The molecule has 29 heavy (non-hydrogen) atoms. The van der Waals surface area contributed by atoms with Crippen LogP contribution in [0.15, 0.2) is 42.5 Å². The number of anilines is 1. The van der Waals surface area contributed by atoms with Gasteiger partial charge in [-0.3, -0.25) is 4.90 Å². The quantitative estimate of drug-likeness (QED) is 0.623. The average molecular weight is 393 g/mol. The smallest absolute Gasteiger partial charge is 0.163 e. The van der Waals surface area contributed by atoms with Gasteiger partial charge in [-0.05, 0) is 32.9 Å². The van der Waals surface area contributed by atoms with Crippen LogP contribution in [0.1, 0.15) is 17.8 Å². The van der Waals surface area contributed by atoms with Gasteiger partial charge in [0.05, 0.1) is 18.9 Å². The summed E-state index contributed by atoms with van der Waals surface area (Å²) in [4.78, 5) is 12.0. The number of aromatic nitrogens is 4. The van der Waals surface area contributed by atoms with Crippen LogP contribution in [0.25, 0.3) is 17.2 Å². The van der Waals surface area contributed by atoms with Gasteiger partial charge in [0.15, 0.2) is 11.6 Å². The van der Waals surface area contributed by atoms with Crippen molar-refractivity contribution in [3.05, 3.63) is 53.9 Å². The van der Waals surface area contributed by atoms with E-state index in [9.17, 15) is 0 Å². The van der Waals surface area contributed by atoms with Crippen LogP contribution in [0.5, 0.6) is 0 Å². The van der Waals surface area contributed by atoms with E-state index in [1.807, 2.05) is 54.9 Å². The number of rotatable bonds is 7. The van der Waals surface area contributed by atoms with Gasteiger partial charge in [0.2, 0.25) is 0 Å². The first kappa shape index (κ1) is 19.5. The van der Waals surface area contributed by atoms with E-state index in [0.717, 1.165) is 74.4 Å². The van der Waals surface area contributed by atoms with Gasteiger partial charge in [0.1, 0.15) is 5.82 Å². The Bertz CT molecular complexity index is 934. The fraction of sp³-hybridized carbons (Fsp3) is 0.409. The number of hydrogen-bond acceptors (Lipinski definition) is 6. The Labute approximate surface area is 171 Å². The summed E-state index contributed by atoms with van der Waals surface area (Å²) in [5, 5.41) is 8.07. The predicted octanol–water partition coefficient (Wildman–Crippen LogP) is 3.08. The first-order valence-corrected chi connectivity index (χ1v) is 10.2. The van der Waals surface area contributed by atoms with Gasteiger partial charge in [-0.25, -0.2) is 14.6 Å². The number of nitrogens with one attached hydrogen (secondary N) is 1. The molecule has 0 bridgehead atoms.